The predicted molar refractivity (Wildman–Crippen MR) is 81.6 cm³/mol. The van der Waals surface area contributed by atoms with Gasteiger partial charge in [-0.25, -0.2) is 13.1 Å². The number of rotatable bonds is 10. The summed E-state index contributed by atoms with van der Waals surface area (Å²) in [4.78, 5) is 0. The molecule has 0 heterocycles. The summed E-state index contributed by atoms with van der Waals surface area (Å²) in [6.45, 7) is 3.81. The van der Waals surface area contributed by atoms with Crippen LogP contribution in [0.5, 0.6) is 5.75 Å². The van der Waals surface area contributed by atoms with Gasteiger partial charge in [0.25, 0.3) is 0 Å². The Hall–Kier alpha value is -1.11. The smallest absolute Gasteiger partial charge is 0.212 e. The topological polar surface area (TPSA) is 67.4 Å². The van der Waals surface area contributed by atoms with Crippen molar-refractivity contribution in [3.8, 4) is 5.75 Å². The maximum absolute atomic E-state index is 11.7. The Morgan fingerprint density at radius 1 is 1.10 bits per heavy atom. The first-order chi connectivity index (χ1) is 9.57. The number of benzene rings is 1. The second kappa shape index (κ2) is 8.94. The van der Waals surface area contributed by atoms with Crippen LogP contribution in [0.25, 0.3) is 0 Å². The van der Waals surface area contributed by atoms with Gasteiger partial charge < -0.3 is 10.1 Å². The predicted octanol–water partition coefficient (Wildman–Crippen LogP) is 1.16. The summed E-state index contributed by atoms with van der Waals surface area (Å²) in [5.41, 5.74) is 1.08. The van der Waals surface area contributed by atoms with Crippen LogP contribution in [0.3, 0.4) is 0 Å². The van der Waals surface area contributed by atoms with Crippen molar-refractivity contribution >= 4 is 10.0 Å². The molecule has 5 nitrogen and oxygen atoms in total. The average molecular weight is 300 g/mol. The lowest BCUT2D eigenvalue weighted by molar-refractivity contribution is 0.414. The van der Waals surface area contributed by atoms with Crippen LogP contribution in [-0.4, -0.2) is 40.9 Å². The zero-order chi connectivity index (χ0) is 14.8. The molecule has 1 aromatic rings. The van der Waals surface area contributed by atoms with Crippen LogP contribution in [0.4, 0.5) is 0 Å². The van der Waals surface area contributed by atoms with Crippen LogP contribution in [0.15, 0.2) is 24.3 Å². The standard InChI is InChI=1S/C14H24N2O3S/c1-3-9-15-11-12-20(17,18)16-10-8-13-4-6-14(19-2)7-5-13/h4-7,15-16H,3,8-12H2,1-2H3. The summed E-state index contributed by atoms with van der Waals surface area (Å²) in [6, 6.07) is 7.63. The molecule has 2 N–H and O–H groups in total. The summed E-state index contributed by atoms with van der Waals surface area (Å²) >= 11 is 0. The second-order valence-corrected chi connectivity index (χ2v) is 6.49. The lowest BCUT2D eigenvalue weighted by atomic mass is 10.1. The van der Waals surface area contributed by atoms with E-state index in [9.17, 15) is 8.42 Å². The summed E-state index contributed by atoms with van der Waals surface area (Å²) < 4.78 is 31.1. The molecule has 114 valence electrons. The van der Waals surface area contributed by atoms with Gasteiger partial charge in [0.15, 0.2) is 0 Å². The quantitative estimate of drug-likeness (QED) is 0.636. The number of sulfonamides is 1. The maximum Gasteiger partial charge on any atom is 0.212 e. The second-order valence-electron chi connectivity index (χ2n) is 4.56. The Morgan fingerprint density at radius 2 is 1.80 bits per heavy atom. The molecule has 0 fully saturated rings. The van der Waals surface area contributed by atoms with Gasteiger partial charge in [0.1, 0.15) is 5.75 Å². The van der Waals surface area contributed by atoms with Crippen LogP contribution < -0.4 is 14.8 Å². The lowest BCUT2D eigenvalue weighted by Crippen LogP contribution is -2.33. The first kappa shape index (κ1) is 16.9. The Balaban J connectivity index is 2.27. The number of methoxy groups -OCH3 is 1. The Kier molecular flexibility index (Phi) is 7.58. The van der Waals surface area contributed by atoms with E-state index >= 15 is 0 Å². The Bertz CT molecular complexity index is 472. The first-order valence-corrected chi connectivity index (χ1v) is 8.53. The maximum atomic E-state index is 11.7. The molecule has 0 amide bonds. The van der Waals surface area contributed by atoms with E-state index in [1.165, 1.54) is 0 Å². The van der Waals surface area contributed by atoms with Crippen LogP contribution in [-0.2, 0) is 16.4 Å². The molecular weight excluding hydrogens is 276 g/mol. The summed E-state index contributed by atoms with van der Waals surface area (Å²) in [5.74, 6) is 0.923. The molecule has 0 bridgehead atoms. The summed E-state index contributed by atoms with van der Waals surface area (Å²) in [6.07, 6.45) is 1.68. The van der Waals surface area contributed by atoms with E-state index in [1.807, 2.05) is 24.3 Å². The monoisotopic (exact) mass is 300 g/mol. The van der Waals surface area contributed by atoms with E-state index in [0.717, 1.165) is 24.3 Å². The number of hydrogen-bond acceptors (Lipinski definition) is 4. The highest BCUT2D eigenvalue weighted by atomic mass is 32.2. The molecule has 0 atom stereocenters. The van der Waals surface area contributed by atoms with Crippen LogP contribution in [0.2, 0.25) is 0 Å². The van der Waals surface area contributed by atoms with Crippen molar-refractivity contribution in [2.45, 2.75) is 19.8 Å². The van der Waals surface area contributed by atoms with E-state index in [0.29, 0.717) is 19.5 Å². The molecule has 0 unspecified atom stereocenters. The van der Waals surface area contributed by atoms with Gasteiger partial charge in [-0.2, -0.15) is 0 Å². The summed E-state index contributed by atoms with van der Waals surface area (Å²) in [7, 11) is -1.56. The molecule has 0 saturated heterocycles. The zero-order valence-corrected chi connectivity index (χ0v) is 13.0. The largest absolute Gasteiger partial charge is 0.497 e. The highest BCUT2D eigenvalue weighted by molar-refractivity contribution is 7.89. The minimum Gasteiger partial charge on any atom is -0.497 e. The van der Waals surface area contributed by atoms with Crippen LogP contribution in [0, 0.1) is 0 Å². The molecule has 20 heavy (non-hydrogen) atoms. The lowest BCUT2D eigenvalue weighted by Gasteiger charge is -2.08. The van der Waals surface area contributed by atoms with Crippen molar-refractivity contribution < 1.29 is 13.2 Å². The van der Waals surface area contributed by atoms with E-state index < -0.39 is 10.0 Å². The summed E-state index contributed by atoms with van der Waals surface area (Å²) in [5, 5.41) is 3.08. The number of hydrogen-bond donors (Lipinski definition) is 2. The van der Waals surface area contributed by atoms with E-state index in [4.69, 9.17) is 4.74 Å². The highest BCUT2D eigenvalue weighted by Crippen LogP contribution is 2.11. The first-order valence-electron chi connectivity index (χ1n) is 6.88. The van der Waals surface area contributed by atoms with Gasteiger partial charge in [0.2, 0.25) is 10.0 Å². The van der Waals surface area contributed by atoms with Gasteiger partial charge in [-0.05, 0) is 37.1 Å². The van der Waals surface area contributed by atoms with Gasteiger partial charge in [-0.3, -0.25) is 0 Å². The Labute approximate surface area is 121 Å². The number of ether oxygens (including phenoxy) is 1. The van der Waals surface area contributed by atoms with Crippen molar-refractivity contribution in [3.63, 3.8) is 0 Å². The van der Waals surface area contributed by atoms with Gasteiger partial charge >= 0.3 is 0 Å². The van der Waals surface area contributed by atoms with E-state index in [1.54, 1.807) is 7.11 Å². The Morgan fingerprint density at radius 3 is 2.40 bits per heavy atom. The van der Waals surface area contributed by atoms with Gasteiger partial charge in [0, 0.05) is 13.1 Å². The number of nitrogens with one attached hydrogen (secondary N) is 2. The third-order valence-electron chi connectivity index (χ3n) is 2.87. The van der Waals surface area contributed by atoms with Crippen molar-refractivity contribution in [2.24, 2.45) is 0 Å². The van der Waals surface area contributed by atoms with Gasteiger partial charge in [-0.15, -0.1) is 0 Å². The molecule has 0 spiro atoms. The highest BCUT2D eigenvalue weighted by Gasteiger charge is 2.08. The normalized spacial score (nSPS) is 11.5. The molecule has 0 aliphatic rings. The fourth-order valence-corrected chi connectivity index (χ4v) is 2.69. The molecular formula is C14H24N2O3S. The van der Waals surface area contributed by atoms with Gasteiger partial charge in [0.05, 0.1) is 12.9 Å². The molecule has 0 aliphatic carbocycles. The molecule has 0 aromatic heterocycles. The van der Waals surface area contributed by atoms with E-state index in [2.05, 4.69) is 17.0 Å². The molecule has 0 radical (unpaired) electrons. The van der Waals surface area contributed by atoms with Crippen molar-refractivity contribution in [2.75, 3.05) is 32.5 Å². The minimum atomic E-state index is -3.18. The zero-order valence-electron chi connectivity index (χ0n) is 12.2. The SMILES string of the molecule is CCCNCCS(=O)(=O)NCCc1ccc(OC)cc1. The average Bonchev–Trinajstić information content (AvgIpc) is 2.44. The molecule has 0 aliphatic heterocycles. The molecule has 6 heteroatoms. The van der Waals surface area contributed by atoms with E-state index in [-0.39, 0.29) is 5.75 Å². The third-order valence-corrected chi connectivity index (χ3v) is 4.25. The molecule has 1 aromatic carbocycles. The van der Waals surface area contributed by atoms with Crippen LogP contribution in [0.1, 0.15) is 18.9 Å². The fourth-order valence-electron chi connectivity index (χ4n) is 1.72. The third kappa shape index (κ3) is 6.88. The van der Waals surface area contributed by atoms with Crippen molar-refractivity contribution in [1.29, 1.82) is 0 Å². The molecule has 1 rings (SSSR count). The van der Waals surface area contributed by atoms with Crippen molar-refractivity contribution in [3.05, 3.63) is 29.8 Å². The van der Waals surface area contributed by atoms with Crippen molar-refractivity contribution in [1.82, 2.24) is 10.0 Å². The van der Waals surface area contributed by atoms with Gasteiger partial charge in [-0.1, -0.05) is 19.1 Å². The fraction of sp³-hybridized carbons (Fsp3) is 0.571. The molecule has 0 saturated carbocycles. The van der Waals surface area contributed by atoms with Crippen LogP contribution >= 0.6 is 0 Å². The minimum absolute atomic E-state index is 0.121.